The third kappa shape index (κ3) is 3.79. The van der Waals surface area contributed by atoms with Crippen LogP contribution in [0.1, 0.15) is 0 Å². The molecule has 0 saturated carbocycles. The predicted molar refractivity (Wildman–Crippen MR) is 81.7 cm³/mol. The van der Waals surface area contributed by atoms with Crippen molar-refractivity contribution >= 4 is 10.8 Å². The Morgan fingerprint density at radius 1 is 0.682 bits per heavy atom. The number of rotatable bonds is 9. The number of ether oxygens (including phenoxy) is 3. The summed E-state index contributed by atoms with van der Waals surface area (Å²) in [6.45, 7) is 0.0867. The van der Waals surface area contributed by atoms with Crippen LogP contribution in [0.25, 0.3) is 10.8 Å². The van der Waals surface area contributed by atoms with Gasteiger partial charge < -0.3 is 29.5 Å². The van der Waals surface area contributed by atoms with Gasteiger partial charge in [-0.3, -0.25) is 0 Å². The van der Waals surface area contributed by atoms with Gasteiger partial charge in [-0.25, -0.2) is 0 Å². The number of aliphatic hydroxyl groups is 3. The number of hydrogen-bond donors (Lipinski definition) is 3. The van der Waals surface area contributed by atoms with Gasteiger partial charge in [0.05, 0.1) is 19.8 Å². The van der Waals surface area contributed by atoms with E-state index in [-0.39, 0.29) is 39.6 Å². The average molecular weight is 308 g/mol. The van der Waals surface area contributed by atoms with E-state index in [1.54, 1.807) is 6.07 Å². The summed E-state index contributed by atoms with van der Waals surface area (Å²) in [4.78, 5) is 0. The molecule has 0 amide bonds. The van der Waals surface area contributed by atoms with Crippen LogP contribution in [0.5, 0.6) is 17.2 Å². The van der Waals surface area contributed by atoms with Crippen molar-refractivity contribution in [1.82, 2.24) is 0 Å². The Morgan fingerprint density at radius 3 is 1.86 bits per heavy atom. The minimum Gasteiger partial charge on any atom is -0.490 e. The molecule has 2 rings (SSSR count). The highest BCUT2D eigenvalue weighted by atomic mass is 16.5. The predicted octanol–water partition coefficient (Wildman–Crippen LogP) is 0.953. The first-order chi connectivity index (χ1) is 10.8. The van der Waals surface area contributed by atoms with Crippen molar-refractivity contribution in [3.8, 4) is 17.2 Å². The second kappa shape index (κ2) is 8.43. The van der Waals surface area contributed by atoms with Gasteiger partial charge in [0.15, 0.2) is 11.5 Å². The monoisotopic (exact) mass is 308 g/mol. The summed E-state index contributed by atoms with van der Waals surface area (Å²) in [7, 11) is 0. The summed E-state index contributed by atoms with van der Waals surface area (Å²) < 4.78 is 16.7. The van der Waals surface area contributed by atoms with E-state index in [1.807, 2.05) is 24.3 Å². The van der Waals surface area contributed by atoms with Gasteiger partial charge in [-0.05, 0) is 0 Å². The molecule has 0 spiro atoms. The Morgan fingerprint density at radius 2 is 1.23 bits per heavy atom. The third-order valence-corrected chi connectivity index (χ3v) is 2.96. The Kier molecular flexibility index (Phi) is 6.27. The molecular weight excluding hydrogens is 288 g/mol. The number of fused-ring (bicyclic) bond motifs is 1. The zero-order chi connectivity index (χ0) is 15.8. The van der Waals surface area contributed by atoms with Gasteiger partial charge in [0.25, 0.3) is 0 Å². The molecule has 2 aromatic carbocycles. The second-order valence-corrected chi connectivity index (χ2v) is 4.46. The Balaban J connectivity index is 2.50. The summed E-state index contributed by atoms with van der Waals surface area (Å²) in [5.41, 5.74) is 0. The van der Waals surface area contributed by atoms with E-state index in [0.717, 1.165) is 10.8 Å². The molecule has 0 atom stereocenters. The van der Waals surface area contributed by atoms with Crippen LogP contribution in [0.3, 0.4) is 0 Å². The first-order valence-electron chi connectivity index (χ1n) is 7.08. The molecule has 0 aromatic heterocycles. The van der Waals surface area contributed by atoms with E-state index < -0.39 is 0 Å². The summed E-state index contributed by atoms with van der Waals surface area (Å²) in [6.07, 6.45) is 0. The maximum absolute atomic E-state index is 8.98. The van der Waals surface area contributed by atoms with E-state index in [2.05, 4.69) is 0 Å². The highest BCUT2D eigenvalue weighted by Crippen LogP contribution is 2.41. The highest BCUT2D eigenvalue weighted by Gasteiger charge is 2.15. The lowest BCUT2D eigenvalue weighted by molar-refractivity contribution is 0.178. The fraction of sp³-hybridized carbons (Fsp3) is 0.375. The smallest absolute Gasteiger partial charge is 0.169 e. The molecule has 3 N–H and O–H groups in total. The second-order valence-electron chi connectivity index (χ2n) is 4.46. The molecule has 0 aliphatic rings. The molecule has 6 nitrogen and oxygen atoms in total. The Hall–Kier alpha value is -2.02. The summed E-state index contributed by atoms with van der Waals surface area (Å²) in [6, 6.07) is 9.14. The van der Waals surface area contributed by atoms with Crippen molar-refractivity contribution in [3.63, 3.8) is 0 Å². The van der Waals surface area contributed by atoms with Crippen LogP contribution in [-0.2, 0) is 0 Å². The maximum Gasteiger partial charge on any atom is 0.169 e. The lowest BCUT2D eigenvalue weighted by atomic mass is 10.1. The molecule has 0 fully saturated rings. The molecule has 0 aliphatic heterocycles. The van der Waals surface area contributed by atoms with Crippen LogP contribution >= 0.6 is 0 Å². The van der Waals surface area contributed by atoms with Crippen LogP contribution in [0.4, 0.5) is 0 Å². The molecular formula is C16H20O6. The fourth-order valence-electron chi connectivity index (χ4n) is 2.13. The van der Waals surface area contributed by atoms with E-state index in [1.165, 1.54) is 0 Å². The quantitative estimate of drug-likeness (QED) is 0.639. The highest BCUT2D eigenvalue weighted by molar-refractivity contribution is 5.95. The fourth-order valence-corrected chi connectivity index (χ4v) is 2.13. The van der Waals surface area contributed by atoms with Gasteiger partial charge in [0.2, 0.25) is 0 Å². The van der Waals surface area contributed by atoms with Crippen LogP contribution in [0.2, 0.25) is 0 Å². The molecule has 0 saturated heterocycles. The Labute approximate surface area is 128 Å². The topological polar surface area (TPSA) is 88.4 Å². The largest absolute Gasteiger partial charge is 0.490 e. The van der Waals surface area contributed by atoms with Crippen LogP contribution in [0.15, 0.2) is 30.3 Å². The SMILES string of the molecule is OCCOc1cc(OCCO)c2ccccc2c1OCCO. The van der Waals surface area contributed by atoms with Crippen molar-refractivity contribution in [2.75, 3.05) is 39.6 Å². The van der Waals surface area contributed by atoms with Gasteiger partial charge in [0.1, 0.15) is 25.6 Å². The number of benzene rings is 2. The summed E-state index contributed by atoms with van der Waals surface area (Å²) in [5.74, 6) is 1.48. The first-order valence-corrected chi connectivity index (χ1v) is 7.08. The molecule has 0 radical (unpaired) electrons. The van der Waals surface area contributed by atoms with Crippen molar-refractivity contribution < 1.29 is 29.5 Å². The van der Waals surface area contributed by atoms with E-state index in [4.69, 9.17) is 29.5 Å². The average Bonchev–Trinajstić information content (AvgIpc) is 2.56. The first kappa shape index (κ1) is 16.4. The van der Waals surface area contributed by atoms with Crippen LogP contribution in [0, 0.1) is 0 Å². The molecule has 0 unspecified atom stereocenters. The van der Waals surface area contributed by atoms with Crippen LogP contribution in [-0.4, -0.2) is 55.0 Å². The van der Waals surface area contributed by atoms with Gasteiger partial charge in [-0.15, -0.1) is 0 Å². The van der Waals surface area contributed by atoms with Gasteiger partial charge in [0, 0.05) is 16.8 Å². The van der Waals surface area contributed by atoms with Crippen molar-refractivity contribution in [3.05, 3.63) is 30.3 Å². The number of aliphatic hydroxyl groups excluding tert-OH is 3. The molecule has 0 heterocycles. The summed E-state index contributed by atoms with van der Waals surface area (Å²) in [5, 5.41) is 28.5. The normalized spacial score (nSPS) is 10.7. The summed E-state index contributed by atoms with van der Waals surface area (Å²) >= 11 is 0. The van der Waals surface area contributed by atoms with Gasteiger partial charge in [-0.2, -0.15) is 0 Å². The zero-order valence-electron chi connectivity index (χ0n) is 12.2. The van der Waals surface area contributed by atoms with Crippen molar-refractivity contribution in [2.24, 2.45) is 0 Å². The van der Waals surface area contributed by atoms with E-state index in [0.29, 0.717) is 17.2 Å². The van der Waals surface area contributed by atoms with Crippen molar-refractivity contribution in [1.29, 1.82) is 0 Å². The van der Waals surface area contributed by atoms with Crippen LogP contribution < -0.4 is 14.2 Å². The lowest BCUT2D eigenvalue weighted by Crippen LogP contribution is -2.08. The minimum absolute atomic E-state index is 0.0933. The molecule has 2 aromatic rings. The molecule has 0 bridgehead atoms. The molecule has 6 heteroatoms. The standard InChI is InChI=1S/C16H20O6/c17-5-8-20-14-11-15(21-9-6-18)16(22-10-7-19)13-4-2-1-3-12(13)14/h1-4,11,17-19H,5-10H2. The number of hydrogen-bond acceptors (Lipinski definition) is 6. The van der Waals surface area contributed by atoms with Gasteiger partial charge >= 0.3 is 0 Å². The Bertz CT molecular complexity index is 598. The van der Waals surface area contributed by atoms with Gasteiger partial charge in [-0.1, -0.05) is 24.3 Å². The molecule has 0 aliphatic carbocycles. The molecule has 22 heavy (non-hydrogen) atoms. The van der Waals surface area contributed by atoms with Crippen molar-refractivity contribution in [2.45, 2.75) is 0 Å². The maximum atomic E-state index is 8.98. The van der Waals surface area contributed by atoms with E-state index in [9.17, 15) is 0 Å². The minimum atomic E-state index is -0.126. The zero-order valence-corrected chi connectivity index (χ0v) is 12.2. The van der Waals surface area contributed by atoms with E-state index >= 15 is 0 Å². The lowest BCUT2D eigenvalue weighted by Gasteiger charge is -2.17. The third-order valence-electron chi connectivity index (χ3n) is 2.96. The molecule has 120 valence electrons.